The molecule has 1 aromatic rings. The second-order valence-corrected chi connectivity index (χ2v) is 9.15. The predicted octanol–water partition coefficient (Wildman–Crippen LogP) is 3.83. The fraction of sp³-hybridized carbons (Fsp3) is 0.524. The molecule has 0 aliphatic carbocycles. The summed E-state index contributed by atoms with van der Waals surface area (Å²) < 4.78 is 5.23. The van der Waals surface area contributed by atoms with E-state index in [1.54, 1.807) is 18.3 Å². The smallest absolute Gasteiger partial charge is 0.341 e. The first kappa shape index (κ1) is 21.9. The lowest BCUT2D eigenvalue weighted by Crippen LogP contribution is -2.35. The lowest BCUT2D eigenvalue weighted by Gasteiger charge is -2.17. The largest absolute Gasteiger partial charge is 0.462 e. The van der Waals surface area contributed by atoms with Crippen LogP contribution in [-0.4, -0.2) is 30.9 Å². The number of ether oxygens (including phenoxy) is 1. The van der Waals surface area contributed by atoms with Crippen LogP contribution in [0, 0.1) is 0 Å². The highest BCUT2D eigenvalue weighted by atomic mass is 32.2. The molecule has 3 N–H and O–H groups in total. The van der Waals surface area contributed by atoms with Gasteiger partial charge in [-0.3, -0.25) is 0 Å². The van der Waals surface area contributed by atoms with Crippen molar-refractivity contribution in [1.29, 1.82) is 0 Å². The highest BCUT2D eigenvalue weighted by Gasteiger charge is 2.23. The summed E-state index contributed by atoms with van der Waals surface area (Å²) >= 11 is 3.23. The number of carbonyl (C=O) groups is 2. The Morgan fingerprint density at radius 1 is 1.28 bits per heavy atom. The Bertz CT molecular complexity index is 801. The third kappa shape index (κ3) is 5.87. The minimum absolute atomic E-state index is 0.290. The summed E-state index contributed by atoms with van der Waals surface area (Å²) in [5, 5.41) is 11.9. The van der Waals surface area contributed by atoms with E-state index in [0.717, 1.165) is 56.5 Å². The van der Waals surface area contributed by atoms with E-state index in [0.29, 0.717) is 17.1 Å². The molecule has 2 aliphatic heterocycles. The number of thiophene rings is 1. The van der Waals surface area contributed by atoms with Crippen molar-refractivity contribution in [1.82, 2.24) is 16.0 Å². The van der Waals surface area contributed by atoms with Crippen molar-refractivity contribution in [2.24, 2.45) is 0 Å². The predicted molar refractivity (Wildman–Crippen MR) is 119 cm³/mol. The van der Waals surface area contributed by atoms with Gasteiger partial charge in [-0.1, -0.05) is 13.0 Å². The van der Waals surface area contributed by atoms with Crippen LogP contribution in [0.25, 0.3) is 0 Å². The fourth-order valence-corrected chi connectivity index (χ4v) is 5.65. The summed E-state index contributed by atoms with van der Waals surface area (Å²) in [6.07, 6.45) is 4.83. The van der Waals surface area contributed by atoms with E-state index in [-0.39, 0.29) is 12.6 Å². The third-order valence-electron chi connectivity index (χ3n) is 5.00. The van der Waals surface area contributed by atoms with Crippen LogP contribution in [0.1, 0.15) is 48.6 Å². The number of amides is 2. The number of thioether (sulfide) groups is 1. The molecular weight excluding hydrogens is 406 g/mol. The second kappa shape index (κ2) is 10.8. The van der Waals surface area contributed by atoms with Crippen molar-refractivity contribution in [2.45, 2.75) is 52.1 Å². The van der Waals surface area contributed by atoms with Gasteiger partial charge in [0.15, 0.2) is 0 Å². The molecule has 2 amide bonds. The molecule has 3 rings (SSSR count). The fourth-order valence-electron chi connectivity index (χ4n) is 3.49. The lowest BCUT2D eigenvalue weighted by molar-refractivity contribution is -0.138. The van der Waals surface area contributed by atoms with E-state index < -0.39 is 5.97 Å². The molecule has 158 valence electrons. The zero-order valence-corrected chi connectivity index (χ0v) is 18.5. The maximum Gasteiger partial charge on any atom is 0.341 e. The molecule has 1 aromatic heterocycles. The molecule has 29 heavy (non-hydrogen) atoms. The number of hydrogen-bond acceptors (Lipinski definition) is 6. The van der Waals surface area contributed by atoms with Gasteiger partial charge in [-0.05, 0) is 67.0 Å². The molecule has 6 nitrogen and oxygen atoms in total. The van der Waals surface area contributed by atoms with Crippen molar-refractivity contribution in [2.75, 3.05) is 18.9 Å². The Morgan fingerprint density at radius 2 is 2.14 bits per heavy atom. The molecule has 0 saturated carbocycles. The molecule has 0 saturated heterocycles. The quantitative estimate of drug-likeness (QED) is 0.613. The van der Waals surface area contributed by atoms with E-state index in [2.05, 4.69) is 27.9 Å². The van der Waals surface area contributed by atoms with E-state index >= 15 is 0 Å². The summed E-state index contributed by atoms with van der Waals surface area (Å²) in [7, 11) is 0. The zero-order valence-electron chi connectivity index (χ0n) is 16.9. The van der Waals surface area contributed by atoms with Gasteiger partial charge >= 0.3 is 12.0 Å². The topological polar surface area (TPSA) is 79.5 Å². The molecule has 8 heteroatoms. The van der Waals surface area contributed by atoms with E-state index in [9.17, 15) is 9.59 Å². The molecule has 0 aromatic carbocycles. The van der Waals surface area contributed by atoms with Gasteiger partial charge in [-0.2, -0.15) is 0 Å². The van der Waals surface area contributed by atoms with Gasteiger partial charge in [0.2, 0.25) is 0 Å². The second-order valence-electron chi connectivity index (χ2n) is 7.08. The number of urea groups is 1. The highest BCUT2D eigenvalue weighted by molar-refractivity contribution is 8.03. The van der Waals surface area contributed by atoms with Gasteiger partial charge in [0.25, 0.3) is 0 Å². The van der Waals surface area contributed by atoms with Gasteiger partial charge in [0.05, 0.1) is 17.2 Å². The third-order valence-corrected chi connectivity index (χ3v) is 7.17. The molecule has 0 fully saturated rings. The maximum atomic E-state index is 12.6. The lowest BCUT2D eigenvalue weighted by atomic mass is 10.0. The Kier molecular flexibility index (Phi) is 8.20. The molecule has 0 spiro atoms. The summed E-state index contributed by atoms with van der Waals surface area (Å²) in [4.78, 5) is 26.5. The molecule has 0 unspecified atom stereocenters. The number of rotatable bonds is 5. The number of fused-ring (bicyclic) bond motifs is 1. The molecule has 2 aliphatic rings. The van der Waals surface area contributed by atoms with Crippen LogP contribution < -0.4 is 16.0 Å². The number of esters is 1. The first-order chi connectivity index (χ1) is 14.1. The van der Waals surface area contributed by atoms with Gasteiger partial charge in [0.1, 0.15) is 0 Å². The molecular formula is C21H29N3O3S2. The summed E-state index contributed by atoms with van der Waals surface area (Å²) in [6, 6.07) is -0.310. The minimum Gasteiger partial charge on any atom is -0.462 e. The molecule has 3 heterocycles. The average Bonchev–Trinajstić information content (AvgIpc) is 3.14. The normalized spacial score (nSPS) is 17.6. The van der Waals surface area contributed by atoms with E-state index in [1.165, 1.54) is 27.8 Å². The number of hydrogen-bond donors (Lipinski definition) is 3. The van der Waals surface area contributed by atoms with Crippen LogP contribution >= 0.6 is 23.1 Å². The van der Waals surface area contributed by atoms with Crippen LogP contribution in [0.3, 0.4) is 0 Å². The van der Waals surface area contributed by atoms with Gasteiger partial charge in [-0.15, -0.1) is 23.1 Å². The summed E-state index contributed by atoms with van der Waals surface area (Å²) in [5.74, 6) is 0.429. The van der Waals surface area contributed by atoms with Gasteiger partial charge < -0.3 is 20.7 Å². The van der Waals surface area contributed by atoms with Crippen LogP contribution in [-0.2, 0) is 29.0 Å². The molecule has 0 bridgehead atoms. The first-order valence-electron chi connectivity index (χ1n) is 10.2. The van der Waals surface area contributed by atoms with E-state index in [1.807, 2.05) is 0 Å². The van der Waals surface area contributed by atoms with Crippen LogP contribution in [0.15, 0.2) is 28.1 Å². The van der Waals surface area contributed by atoms with Crippen molar-refractivity contribution in [3.63, 3.8) is 0 Å². The molecule has 0 atom stereocenters. The average molecular weight is 436 g/mol. The standard InChI is InChI=1S/C21H29N3O3S2/c1-3-27-20(25)18-14(2)7-5-4-6-10-28-19(18)24-21(26)23-11-15-13-29-17-12-22-9-8-16(15)17/h13,22H,2-12H2,1H3,(H2,23,24,26). The summed E-state index contributed by atoms with van der Waals surface area (Å²) in [6.45, 7) is 8.50. The monoisotopic (exact) mass is 435 g/mol. The van der Waals surface area contributed by atoms with Gasteiger partial charge in [0, 0.05) is 18.0 Å². The summed E-state index contributed by atoms with van der Waals surface area (Å²) in [5.41, 5.74) is 3.67. The van der Waals surface area contributed by atoms with Crippen LogP contribution in [0.4, 0.5) is 4.79 Å². The van der Waals surface area contributed by atoms with E-state index in [4.69, 9.17) is 4.74 Å². The zero-order chi connectivity index (χ0) is 20.6. The van der Waals surface area contributed by atoms with Crippen LogP contribution in [0.2, 0.25) is 0 Å². The Morgan fingerprint density at radius 3 is 2.97 bits per heavy atom. The SMILES string of the molecule is C=C1CCCCCSC(NC(=O)NCc2csc3c2CCNC3)=C1C(=O)OCC. The Hall–Kier alpha value is -1.77. The minimum atomic E-state index is -0.415. The van der Waals surface area contributed by atoms with Crippen LogP contribution in [0.5, 0.6) is 0 Å². The van der Waals surface area contributed by atoms with Crippen molar-refractivity contribution >= 4 is 35.1 Å². The maximum absolute atomic E-state index is 12.6. The number of carbonyl (C=O) groups excluding carboxylic acids is 2. The first-order valence-corrected chi connectivity index (χ1v) is 12.0. The Labute approximate surface area is 180 Å². The molecule has 0 radical (unpaired) electrons. The van der Waals surface area contributed by atoms with Crippen molar-refractivity contribution < 1.29 is 14.3 Å². The highest BCUT2D eigenvalue weighted by Crippen LogP contribution is 2.29. The van der Waals surface area contributed by atoms with Crippen molar-refractivity contribution in [3.05, 3.63) is 44.1 Å². The number of nitrogens with one attached hydrogen (secondary N) is 3. The van der Waals surface area contributed by atoms with Crippen molar-refractivity contribution in [3.8, 4) is 0 Å². The Balaban J connectivity index is 1.70. The van der Waals surface area contributed by atoms with Gasteiger partial charge in [-0.25, -0.2) is 9.59 Å².